The maximum Gasteiger partial charge on any atom is 0.224 e. The molecule has 0 bridgehead atoms. The third-order valence-corrected chi connectivity index (χ3v) is 4.65. The average molecular weight is 290 g/mol. The zero-order chi connectivity index (χ0) is 14.9. The molecule has 114 valence electrons. The largest absolute Gasteiger partial charge is 0.335 e. The summed E-state index contributed by atoms with van der Waals surface area (Å²) in [6, 6.07) is 6.84. The van der Waals surface area contributed by atoms with E-state index in [1.165, 1.54) is 12.1 Å². The monoisotopic (exact) mass is 290 g/mol. The molecule has 1 aromatic carbocycles. The molecule has 0 atom stereocenters. The van der Waals surface area contributed by atoms with Crippen LogP contribution in [0.5, 0.6) is 0 Å². The fourth-order valence-electron chi connectivity index (χ4n) is 3.30. The van der Waals surface area contributed by atoms with Gasteiger partial charge in [0.15, 0.2) is 0 Å². The van der Waals surface area contributed by atoms with Crippen molar-refractivity contribution in [2.75, 3.05) is 0 Å². The van der Waals surface area contributed by atoms with Crippen LogP contribution in [-0.2, 0) is 11.3 Å². The van der Waals surface area contributed by atoms with Gasteiger partial charge < -0.3 is 10.6 Å². The first-order chi connectivity index (χ1) is 10.1. The number of carbonyl (C=O) groups is 1. The molecule has 2 fully saturated rings. The molecule has 2 N–H and O–H groups in total. The fourth-order valence-corrected chi connectivity index (χ4v) is 3.30. The van der Waals surface area contributed by atoms with Crippen LogP contribution in [-0.4, -0.2) is 22.4 Å². The lowest BCUT2D eigenvalue weighted by Gasteiger charge is -2.29. The van der Waals surface area contributed by atoms with E-state index >= 15 is 0 Å². The summed E-state index contributed by atoms with van der Waals surface area (Å²) < 4.78 is 13.3. The highest BCUT2D eigenvalue weighted by molar-refractivity contribution is 5.78. The van der Waals surface area contributed by atoms with Crippen LogP contribution in [0, 0.1) is 5.82 Å². The zero-order valence-corrected chi connectivity index (χ0v) is 12.4. The second kappa shape index (κ2) is 5.76. The molecule has 0 spiro atoms. The maximum atomic E-state index is 13.3. The topological polar surface area (TPSA) is 46.3 Å². The molecular formula is C17H23FN2O. The Hall–Kier alpha value is -1.42. The van der Waals surface area contributed by atoms with Crippen molar-refractivity contribution < 1.29 is 9.18 Å². The number of carbonyl (C=O) groups excluding carboxylic acids is 1. The highest BCUT2D eigenvalue weighted by atomic mass is 19.1. The van der Waals surface area contributed by atoms with E-state index in [-0.39, 0.29) is 17.3 Å². The van der Waals surface area contributed by atoms with Gasteiger partial charge in [-0.1, -0.05) is 25.0 Å². The normalized spacial score (nSPS) is 20.5. The van der Waals surface area contributed by atoms with Gasteiger partial charge in [-0.2, -0.15) is 0 Å². The lowest BCUT2D eigenvalue weighted by atomic mass is 9.94. The molecule has 0 heterocycles. The third kappa shape index (κ3) is 3.62. The number of hydrogen-bond acceptors (Lipinski definition) is 2. The van der Waals surface area contributed by atoms with E-state index in [0.717, 1.165) is 44.1 Å². The van der Waals surface area contributed by atoms with E-state index < -0.39 is 0 Å². The number of benzene rings is 1. The first-order valence-electron chi connectivity index (χ1n) is 7.89. The summed E-state index contributed by atoms with van der Waals surface area (Å²) in [7, 11) is 0. The molecule has 4 heteroatoms. The predicted molar refractivity (Wildman–Crippen MR) is 80.0 cm³/mol. The number of rotatable bonds is 5. The molecule has 1 amide bonds. The molecule has 0 aliphatic heterocycles. The molecule has 2 aliphatic carbocycles. The lowest BCUT2D eigenvalue weighted by Crippen LogP contribution is -2.44. The van der Waals surface area contributed by atoms with Crippen molar-refractivity contribution in [2.45, 2.75) is 63.1 Å². The quantitative estimate of drug-likeness (QED) is 0.906. The molecule has 3 nitrogen and oxygen atoms in total. The van der Waals surface area contributed by atoms with Gasteiger partial charge in [0.2, 0.25) is 5.91 Å². The highest BCUT2D eigenvalue weighted by Gasteiger charge is 2.37. The van der Waals surface area contributed by atoms with Crippen LogP contribution in [0.25, 0.3) is 0 Å². The molecule has 0 saturated heterocycles. The molecule has 0 radical (unpaired) electrons. The van der Waals surface area contributed by atoms with Crippen LogP contribution in [0.4, 0.5) is 4.39 Å². The Morgan fingerprint density at radius 3 is 2.67 bits per heavy atom. The number of amides is 1. The molecule has 2 aliphatic rings. The smallest absolute Gasteiger partial charge is 0.224 e. The Labute approximate surface area is 125 Å². The van der Waals surface area contributed by atoms with Gasteiger partial charge in [0, 0.05) is 24.5 Å². The summed E-state index contributed by atoms with van der Waals surface area (Å²) in [6.07, 6.45) is 6.67. The zero-order valence-electron chi connectivity index (χ0n) is 12.4. The van der Waals surface area contributed by atoms with Crippen molar-refractivity contribution in [3.05, 3.63) is 35.6 Å². The SMILES string of the molecule is NC1(CC(=O)N(Cc2cccc(F)c2)C2CC2)CCCC1. The second-order valence-corrected chi connectivity index (χ2v) is 6.63. The van der Waals surface area contributed by atoms with E-state index in [0.29, 0.717) is 19.0 Å². The van der Waals surface area contributed by atoms with Gasteiger partial charge >= 0.3 is 0 Å². The van der Waals surface area contributed by atoms with Crippen molar-refractivity contribution in [3.63, 3.8) is 0 Å². The standard InChI is InChI=1S/C17H23FN2O/c18-14-5-3-4-13(10-14)12-20(15-6-7-15)16(21)11-17(19)8-1-2-9-17/h3-5,10,15H,1-2,6-9,11-12,19H2. The van der Waals surface area contributed by atoms with E-state index in [9.17, 15) is 9.18 Å². The Bertz CT molecular complexity index is 521. The van der Waals surface area contributed by atoms with Crippen LogP contribution in [0.3, 0.4) is 0 Å². The van der Waals surface area contributed by atoms with E-state index in [1.54, 1.807) is 6.07 Å². The summed E-state index contributed by atoms with van der Waals surface area (Å²) in [4.78, 5) is 14.5. The van der Waals surface area contributed by atoms with Crippen molar-refractivity contribution in [1.29, 1.82) is 0 Å². The maximum absolute atomic E-state index is 13.3. The van der Waals surface area contributed by atoms with E-state index in [4.69, 9.17) is 5.73 Å². The predicted octanol–water partition coefficient (Wildman–Crippen LogP) is 2.98. The van der Waals surface area contributed by atoms with Gasteiger partial charge in [-0.15, -0.1) is 0 Å². The number of hydrogen-bond donors (Lipinski definition) is 1. The highest BCUT2D eigenvalue weighted by Crippen LogP contribution is 2.34. The van der Waals surface area contributed by atoms with E-state index in [2.05, 4.69) is 0 Å². The fraction of sp³-hybridized carbons (Fsp3) is 0.588. The Morgan fingerprint density at radius 2 is 2.05 bits per heavy atom. The van der Waals surface area contributed by atoms with Gasteiger partial charge in [-0.25, -0.2) is 4.39 Å². The summed E-state index contributed by atoms with van der Waals surface area (Å²) >= 11 is 0. The van der Waals surface area contributed by atoms with E-state index in [1.807, 2.05) is 11.0 Å². The van der Waals surface area contributed by atoms with Gasteiger partial charge in [-0.3, -0.25) is 4.79 Å². The Balaban J connectivity index is 1.68. The molecule has 3 rings (SSSR count). The minimum Gasteiger partial charge on any atom is -0.335 e. The second-order valence-electron chi connectivity index (χ2n) is 6.63. The molecule has 21 heavy (non-hydrogen) atoms. The lowest BCUT2D eigenvalue weighted by molar-refractivity contribution is -0.133. The third-order valence-electron chi connectivity index (χ3n) is 4.65. The minimum absolute atomic E-state index is 0.131. The van der Waals surface area contributed by atoms with Crippen LogP contribution in [0.15, 0.2) is 24.3 Å². The van der Waals surface area contributed by atoms with Gasteiger partial charge in [0.1, 0.15) is 5.82 Å². The molecule has 1 aromatic rings. The van der Waals surface area contributed by atoms with Crippen molar-refractivity contribution in [3.8, 4) is 0 Å². The van der Waals surface area contributed by atoms with Gasteiger partial charge in [0.05, 0.1) is 0 Å². The Morgan fingerprint density at radius 1 is 1.33 bits per heavy atom. The number of nitrogens with zero attached hydrogens (tertiary/aromatic N) is 1. The first kappa shape index (κ1) is 14.5. The average Bonchev–Trinajstić information content (AvgIpc) is 3.18. The first-order valence-corrected chi connectivity index (χ1v) is 7.89. The van der Waals surface area contributed by atoms with Crippen LogP contribution in [0.2, 0.25) is 0 Å². The number of nitrogens with two attached hydrogens (primary N) is 1. The van der Waals surface area contributed by atoms with Gasteiger partial charge in [0.25, 0.3) is 0 Å². The van der Waals surface area contributed by atoms with Crippen LogP contribution >= 0.6 is 0 Å². The molecular weight excluding hydrogens is 267 g/mol. The minimum atomic E-state index is -0.313. The van der Waals surface area contributed by atoms with Crippen molar-refractivity contribution in [1.82, 2.24) is 4.90 Å². The van der Waals surface area contributed by atoms with Crippen LogP contribution in [0.1, 0.15) is 50.5 Å². The van der Waals surface area contributed by atoms with Gasteiger partial charge in [-0.05, 0) is 43.4 Å². The van der Waals surface area contributed by atoms with Crippen molar-refractivity contribution in [2.24, 2.45) is 5.73 Å². The summed E-state index contributed by atoms with van der Waals surface area (Å²) in [5.41, 5.74) is 6.87. The molecule has 0 unspecified atom stereocenters. The van der Waals surface area contributed by atoms with Crippen LogP contribution < -0.4 is 5.73 Å². The summed E-state index contributed by atoms with van der Waals surface area (Å²) in [6.45, 7) is 0.497. The number of halogens is 1. The molecule has 0 aromatic heterocycles. The van der Waals surface area contributed by atoms with Crippen molar-refractivity contribution >= 4 is 5.91 Å². The summed E-state index contributed by atoms with van der Waals surface area (Å²) in [5.74, 6) is -0.118. The summed E-state index contributed by atoms with van der Waals surface area (Å²) in [5, 5.41) is 0. The molecule has 2 saturated carbocycles. The Kier molecular flexibility index (Phi) is 3.98.